The molecule has 20 heavy (non-hydrogen) atoms. The first-order chi connectivity index (χ1) is 9.58. The number of aryl methyl sites for hydroxylation is 1. The van der Waals surface area contributed by atoms with E-state index in [0.717, 1.165) is 24.2 Å². The predicted molar refractivity (Wildman–Crippen MR) is 76.5 cm³/mol. The number of hydrogen-bond acceptors (Lipinski definition) is 4. The van der Waals surface area contributed by atoms with Crippen molar-refractivity contribution in [2.75, 3.05) is 6.54 Å². The largest absolute Gasteiger partial charge is 0.348 e. The molecule has 1 unspecified atom stereocenters. The fraction of sp³-hybridized carbons (Fsp3) is 0.357. The van der Waals surface area contributed by atoms with Crippen molar-refractivity contribution < 1.29 is 4.92 Å². The van der Waals surface area contributed by atoms with Gasteiger partial charge < -0.3 is 10.3 Å². The number of hydrogen-bond donors (Lipinski definition) is 2. The molecule has 0 spiro atoms. The van der Waals surface area contributed by atoms with Gasteiger partial charge >= 0.3 is 0 Å². The van der Waals surface area contributed by atoms with Crippen molar-refractivity contribution in [3.05, 3.63) is 57.7 Å². The number of rotatable bonds is 6. The maximum Gasteiger partial charge on any atom is 0.272 e. The van der Waals surface area contributed by atoms with Crippen LogP contribution < -0.4 is 5.32 Å². The molecular weight excluding hydrogens is 256 g/mol. The monoisotopic (exact) mass is 274 g/mol. The van der Waals surface area contributed by atoms with Crippen LogP contribution in [0.25, 0.3) is 0 Å². The Labute approximate surface area is 117 Å². The first-order valence-electron chi connectivity index (χ1n) is 6.53. The lowest BCUT2D eigenvalue weighted by Crippen LogP contribution is -2.21. The summed E-state index contributed by atoms with van der Waals surface area (Å²) in [6.45, 7) is 4.53. The molecule has 1 heterocycles. The van der Waals surface area contributed by atoms with Crippen LogP contribution in [0.1, 0.15) is 29.8 Å². The van der Waals surface area contributed by atoms with E-state index < -0.39 is 0 Å². The van der Waals surface area contributed by atoms with Crippen LogP contribution in [0.5, 0.6) is 0 Å². The van der Waals surface area contributed by atoms with Gasteiger partial charge in [-0.05, 0) is 19.4 Å². The van der Waals surface area contributed by atoms with Gasteiger partial charge in [-0.25, -0.2) is 4.98 Å². The minimum Gasteiger partial charge on any atom is -0.348 e. The van der Waals surface area contributed by atoms with Crippen molar-refractivity contribution in [2.45, 2.75) is 26.3 Å². The van der Waals surface area contributed by atoms with Gasteiger partial charge in [-0.15, -0.1) is 0 Å². The van der Waals surface area contributed by atoms with E-state index in [-0.39, 0.29) is 16.7 Å². The summed E-state index contributed by atoms with van der Waals surface area (Å²) in [5.41, 5.74) is 2.85. The van der Waals surface area contributed by atoms with Gasteiger partial charge in [0.05, 0.1) is 11.3 Å². The summed E-state index contributed by atoms with van der Waals surface area (Å²) in [7, 11) is 0. The second-order valence-electron chi connectivity index (χ2n) is 4.81. The second-order valence-corrected chi connectivity index (χ2v) is 4.81. The number of benzene rings is 1. The smallest absolute Gasteiger partial charge is 0.272 e. The Morgan fingerprint density at radius 2 is 2.30 bits per heavy atom. The SMILES string of the molecule is Cc1ccc(C(C)NCCc2cnc[nH]2)cc1[N+](=O)[O-]. The van der Waals surface area contributed by atoms with Crippen LogP contribution in [0.3, 0.4) is 0 Å². The van der Waals surface area contributed by atoms with Gasteiger partial charge in [0.25, 0.3) is 5.69 Å². The molecule has 0 aliphatic carbocycles. The lowest BCUT2D eigenvalue weighted by molar-refractivity contribution is -0.385. The van der Waals surface area contributed by atoms with Gasteiger partial charge in [-0.1, -0.05) is 12.1 Å². The molecule has 0 saturated heterocycles. The van der Waals surface area contributed by atoms with Crippen LogP contribution in [0.4, 0.5) is 5.69 Å². The van der Waals surface area contributed by atoms with Crippen LogP contribution in [-0.4, -0.2) is 21.4 Å². The summed E-state index contributed by atoms with van der Waals surface area (Å²) in [5.74, 6) is 0. The molecule has 2 rings (SSSR count). The van der Waals surface area contributed by atoms with Crippen molar-refractivity contribution in [3.63, 3.8) is 0 Å². The van der Waals surface area contributed by atoms with Crippen LogP contribution >= 0.6 is 0 Å². The van der Waals surface area contributed by atoms with Crippen LogP contribution in [0.15, 0.2) is 30.7 Å². The van der Waals surface area contributed by atoms with Gasteiger partial charge in [0.1, 0.15) is 0 Å². The molecule has 0 saturated carbocycles. The van der Waals surface area contributed by atoms with Crippen molar-refractivity contribution in [1.29, 1.82) is 0 Å². The summed E-state index contributed by atoms with van der Waals surface area (Å²) in [4.78, 5) is 17.6. The zero-order valence-corrected chi connectivity index (χ0v) is 11.6. The molecule has 6 heteroatoms. The topological polar surface area (TPSA) is 83.8 Å². The molecule has 2 N–H and O–H groups in total. The summed E-state index contributed by atoms with van der Waals surface area (Å²) in [5, 5.41) is 14.3. The molecule has 0 bridgehead atoms. The van der Waals surface area contributed by atoms with E-state index >= 15 is 0 Å². The number of nitro benzene ring substituents is 1. The molecule has 1 aromatic heterocycles. The van der Waals surface area contributed by atoms with Gasteiger partial charge in [0, 0.05) is 42.5 Å². The third kappa shape index (κ3) is 3.42. The number of nitro groups is 1. The molecule has 106 valence electrons. The number of imidazole rings is 1. The Morgan fingerprint density at radius 1 is 1.50 bits per heavy atom. The predicted octanol–water partition coefficient (Wildman–Crippen LogP) is 2.52. The normalized spacial score (nSPS) is 12.3. The molecule has 0 radical (unpaired) electrons. The van der Waals surface area contributed by atoms with E-state index in [4.69, 9.17) is 0 Å². The van der Waals surface area contributed by atoms with E-state index in [1.165, 1.54) is 0 Å². The lowest BCUT2D eigenvalue weighted by atomic mass is 10.0. The van der Waals surface area contributed by atoms with Gasteiger partial charge in [-0.2, -0.15) is 0 Å². The van der Waals surface area contributed by atoms with E-state index in [0.29, 0.717) is 5.56 Å². The maximum atomic E-state index is 10.9. The minimum atomic E-state index is -0.337. The molecule has 1 aromatic carbocycles. The number of nitrogens with zero attached hydrogens (tertiary/aromatic N) is 2. The van der Waals surface area contributed by atoms with Crippen LogP contribution in [0, 0.1) is 17.0 Å². The van der Waals surface area contributed by atoms with E-state index in [1.54, 1.807) is 31.6 Å². The first kappa shape index (κ1) is 14.2. The number of H-pyrrole nitrogens is 1. The zero-order valence-electron chi connectivity index (χ0n) is 11.6. The Morgan fingerprint density at radius 3 is 2.95 bits per heavy atom. The van der Waals surface area contributed by atoms with Crippen molar-refractivity contribution in [2.24, 2.45) is 0 Å². The number of aromatic amines is 1. The van der Waals surface area contributed by atoms with E-state index in [9.17, 15) is 10.1 Å². The lowest BCUT2D eigenvalue weighted by Gasteiger charge is -2.14. The number of aromatic nitrogens is 2. The van der Waals surface area contributed by atoms with Crippen molar-refractivity contribution >= 4 is 5.69 Å². The summed E-state index contributed by atoms with van der Waals surface area (Å²) >= 11 is 0. The minimum absolute atomic E-state index is 0.0669. The molecule has 0 amide bonds. The van der Waals surface area contributed by atoms with Gasteiger partial charge in [-0.3, -0.25) is 10.1 Å². The molecule has 6 nitrogen and oxygen atoms in total. The second kappa shape index (κ2) is 6.29. The third-order valence-corrected chi connectivity index (χ3v) is 3.33. The highest BCUT2D eigenvalue weighted by Crippen LogP contribution is 2.23. The quantitative estimate of drug-likeness (QED) is 0.626. The molecule has 2 aromatic rings. The van der Waals surface area contributed by atoms with Crippen molar-refractivity contribution in [3.8, 4) is 0 Å². The van der Waals surface area contributed by atoms with Crippen molar-refractivity contribution in [1.82, 2.24) is 15.3 Å². The van der Waals surface area contributed by atoms with E-state index in [1.807, 2.05) is 13.0 Å². The van der Waals surface area contributed by atoms with Crippen LogP contribution in [-0.2, 0) is 6.42 Å². The average molecular weight is 274 g/mol. The number of nitrogens with one attached hydrogen (secondary N) is 2. The highest BCUT2D eigenvalue weighted by atomic mass is 16.6. The summed E-state index contributed by atoms with van der Waals surface area (Å²) < 4.78 is 0. The summed E-state index contributed by atoms with van der Waals surface area (Å²) in [6, 6.07) is 5.43. The Balaban J connectivity index is 1.96. The zero-order chi connectivity index (χ0) is 14.5. The highest BCUT2D eigenvalue weighted by Gasteiger charge is 2.14. The van der Waals surface area contributed by atoms with Gasteiger partial charge in [0.15, 0.2) is 0 Å². The van der Waals surface area contributed by atoms with Gasteiger partial charge in [0.2, 0.25) is 0 Å². The summed E-state index contributed by atoms with van der Waals surface area (Å²) in [6.07, 6.45) is 4.30. The Kier molecular flexibility index (Phi) is 4.47. The average Bonchev–Trinajstić information content (AvgIpc) is 2.92. The Hall–Kier alpha value is -2.21. The molecule has 0 aliphatic heterocycles. The molecule has 0 fully saturated rings. The first-order valence-corrected chi connectivity index (χ1v) is 6.53. The third-order valence-electron chi connectivity index (χ3n) is 3.33. The highest BCUT2D eigenvalue weighted by molar-refractivity contribution is 5.43. The van der Waals surface area contributed by atoms with E-state index in [2.05, 4.69) is 15.3 Å². The Bertz CT molecular complexity index is 581. The molecule has 0 aliphatic rings. The maximum absolute atomic E-state index is 10.9. The standard InChI is InChI=1S/C14H18N4O2/c1-10-3-4-12(7-14(10)18(19)20)11(2)16-6-5-13-8-15-9-17-13/h3-4,7-9,11,16H,5-6H2,1-2H3,(H,15,17). The fourth-order valence-corrected chi connectivity index (χ4v) is 2.06. The fourth-order valence-electron chi connectivity index (χ4n) is 2.06. The molecule has 1 atom stereocenters. The van der Waals surface area contributed by atoms with Crippen LogP contribution in [0.2, 0.25) is 0 Å². The molecular formula is C14H18N4O2.